The van der Waals surface area contributed by atoms with Crippen molar-refractivity contribution in [2.45, 2.75) is 0 Å². The SMILES string of the molecule is COC(=O)NN=Cc1cn(-c2ccccc2)nc1-c1ccccc1. The summed E-state index contributed by atoms with van der Waals surface area (Å²) >= 11 is 0. The largest absolute Gasteiger partial charge is 0.452 e. The molecule has 0 atom stereocenters. The van der Waals surface area contributed by atoms with Crippen molar-refractivity contribution in [2.24, 2.45) is 5.10 Å². The second kappa shape index (κ2) is 7.23. The van der Waals surface area contributed by atoms with E-state index in [1.807, 2.05) is 66.9 Å². The summed E-state index contributed by atoms with van der Waals surface area (Å²) in [4.78, 5) is 11.1. The summed E-state index contributed by atoms with van der Waals surface area (Å²) in [7, 11) is 1.29. The van der Waals surface area contributed by atoms with Crippen molar-refractivity contribution in [2.75, 3.05) is 7.11 Å². The van der Waals surface area contributed by atoms with Gasteiger partial charge in [-0.15, -0.1) is 0 Å². The van der Waals surface area contributed by atoms with Gasteiger partial charge in [0.2, 0.25) is 0 Å². The van der Waals surface area contributed by atoms with Crippen LogP contribution < -0.4 is 5.43 Å². The van der Waals surface area contributed by atoms with Crippen molar-refractivity contribution in [3.8, 4) is 16.9 Å². The van der Waals surface area contributed by atoms with Gasteiger partial charge in [0, 0.05) is 17.3 Å². The van der Waals surface area contributed by atoms with Crippen LogP contribution in [0.5, 0.6) is 0 Å². The number of carbonyl (C=O) groups excluding carboxylic acids is 1. The highest BCUT2D eigenvalue weighted by atomic mass is 16.5. The number of benzene rings is 2. The maximum absolute atomic E-state index is 11.1. The Kier molecular flexibility index (Phi) is 4.67. The van der Waals surface area contributed by atoms with Crippen LogP contribution in [0.4, 0.5) is 4.79 Å². The van der Waals surface area contributed by atoms with Crippen molar-refractivity contribution in [3.63, 3.8) is 0 Å². The van der Waals surface area contributed by atoms with Gasteiger partial charge in [-0.25, -0.2) is 14.9 Å². The lowest BCUT2D eigenvalue weighted by Gasteiger charge is -2.00. The van der Waals surface area contributed by atoms with Crippen LogP contribution in [0.1, 0.15) is 5.56 Å². The molecule has 6 nitrogen and oxygen atoms in total. The Labute approximate surface area is 139 Å². The first-order valence-corrected chi connectivity index (χ1v) is 7.35. The van der Waals surface area contributed by atoms with Gasteiger partial charge in [-0.2, -0.15) is 10.2 Å². The van der Waals surface area contributed by atoms with Crippen LogP contribution in [-0.4, -0.2) is 29.2 Å². The molecule has 1 N–H and O–H groups in total. The van der Waals surface area contributed by atoms with Crippen molar-refractivity contribution < 1.29 is 9.53 Å². The number of methoxy groups -OCH3 is 1. The molecule has 6 heteroatoms. The zero-order chi connectivity index (χ0) is 16.8. The third kappa shape index (κ3) is 3.49. The summed E-state index contributed by atoms with van der Waals surface area (Å²) in [5.41, 5.74) is 5.74. The molecule has 0 aliphatic heterocycles. The summed E-state index contributed by atoms with van der Waals surface area (Å²) in [5.74, 6) is 0. The van der Waals surface area contributed by atoms with Gasteiger partial charge < -0.3 is 4.74 Å². The molecule has 0 aliphatic carbocycles. The number of amides is 1. The Morgan fingerprint density at radius 2 is 1.79 bits per heavy atom. The molecule has 0 fully saturated rings. The van der Waals surface area contributed by atoms with E-state index in [1.165, 1.54) is 7.11 Å². The number of aromatic nitrogens is 2. The molecular weight excluding hydrogens is 304 g/mol. The molecule has 0 spiro atoms. The minimum atomic E-state index is -0.622. The molecule has 0 saturated carbocycles. The van der Waals surface area contributed by atoms with Gasteiger partial charge in [0.1, 0.15) is 5.69 Å². The normalized spacial score (nSPS) is 10.7. The van der Waals surface area contributed by atoms with Crippen LogP contribution in [0.15, 0.2) is 72.0 Å². The van der Waals surface area contributed by atoms with Crippen molar-refractivity contribution in [1.29, 1.82) is 0 Å². The van der Waals surface area contributed by atoms with Crippen LogP contribution in [0, 0.1) is 0 Å². The maximum atomic E-state index is 11.1. The summed E-state index contributed by atoms with van der Waals surface area (Å²) in [5, 5.41) is 8.55. The zero-order valence-electron chi connectivity index (χ0n) is 13.1. The third-order valence-corrected chi connectivity index (χ3v) is 3.36. The molecule has 0 saturated heterocycles. The predicted octanol–water partition coefficient (Wildman–Crippen LogP) is 3.23. The van der Waals surface area contributed by atoms with Crippen LogP contribution in [0.2, 0.25) is 0 Å². The zero-order valence-corrected chi connectivity index (χ0v) is 13.1. The Hall–Kier alpha value is -3.41. The van der Waals surface area contributed by atoms with E-state index in [0.717, 1.165) is 22.5 Å². The number of hydrogen-bond acceptors (Lipinski definition) is 4. The number of hydrazone groups is 1. The lowest BCUT2D eigenvalue weighted by molar-refractivity contribution is 0.171. The standard InChI is InChI=1S/C18H16N4O2/c1-24-18(23)20-19-12-15-13-22(16-10-6-3-7-11-16)21-17(15)14-8-4-2-5-9-14/h2-13H,1H3,(H,20,23). The molecule has 0 unspecified atom stereocenters. The molecule has 3 aromatic rings. The number of nitrogens with zero attached hydrogens (tertiary/aromatic N) is 3. The van der Waals surface area contributed by atoms with E-state index in [0.29, 0.717) is 0 Å². The molecule has 1 amide bonds. The first-order valence-electron chi connectivity index (χ1n) is 7.35. The number of rotatable bonds is 4. The van der Waals surface area contributed by atoms with Crippen LogP contribution in [-0.2, 0) is 4.74 Å². The first kappa shape index (κ1) is 15.5. The second-order valence-electron chi connectivity index (χ2n) is 4.94. The number of ether oxygens (including phenoxy) is 1. The molecule has 3 rings (SSSR count). The van der Waals surface area contributed by atoms with Gasteiger partial charge >= 0.3 is 6.09 Å². The molecule has 0 radical (unpaired) electrons. The lowest BCUT2D eigenvalue weighted by Crippen LogP contribution is -2.16. The number of para-hydroxylation sites is 1. The fourth-order valence-corrected chi connectivity index (χ4v) is 2.22. The minimum Gasteiger partial charge on any atom is -0.452 e. The van der Waals surface area contributed by atoms with E-state index in [-0.39, 0.29) is 0 Å². The number of hydrogen-bond donors (Lipinski definition) is 1. The molecule has 0 bridgehead atoms. The lowest BCUT2D eigenvalue weighted by atomic mass is 10.1. The van der Waals surface area contributed by atoms with E-state index in [9.17, 15) is 4.79 Å². The Bertz CT molecular complexity index is 842. The molecule has 1 aromatic heterocycles. The topological polar surface area (TPSA) is 68.5 Å². The van der Waals surface area contributed by atoms with Crippen LogP contribution in [0.3, 0.4) is 0 Å². The third-order valence-electron chi connectivity index (χ3n) is 3.36. The summed E-state index contributed by atoms with van der Waals surface area (Å²) in [6, 6.07) is 19.6. The highest BCUT2D eigenvalue weighted by molar-refractivity contribution is 5.89. The van der Waals surface area contributed by atoms with Crippen LogP contribution in [0.25, 0.3) is 16.9 Å². The fraction of sp³-hybridized carbons (Fsp3) is 0.0556. The average molecular weight is 320 g/mol. The Balaban J connectivity index is 1.99. The van der Waals surface area contributed by atoms with E-state index in [1.54, 1.807) is 10.9 Å². The van der Waals surface area contributed by atoms with Gasteiger partial charge in [-0.1, -0.05) is 48.5 Å². The molecule has 1 heterocycles. The Morgan fingerprint density at radius 1 is 1.12 bits per heavy atom. The molecule has 2 aromatic carbocycles. The predicted molar refractivity (Wildman–Crippen MR) is 92.1 cm³/mol. The summed E-state index contributed by atoms with van der Waals surface area (Å²) in [6.45, 7) is 0. The summed E-state index contributed by atoms with van der Waals surface area (Å²) in [6.07, 6.45) is 2.79. The first-order chi connectivity index (χ1) is 11.8. The average Bonchev–Trinajstić information content (AvgIpc) is 3.07. The fourth-order valence-electron chi connectivity index (χ4n) is 2.22. The summed E-state index contributed by atoms with van der Waals surface area (Å²) < 4.78 is 6.27. The van der Waals surface area contributed by atoms with E-state index < -0.39 is 6.09 Å². The number of carbonyl (C=O) groups is 1. The monoisotopic (exact) mass is 320 g/mol. The highest BCUT2D eigenvalue weighted by Gasteiger charge is 2.10. The maximum Gasteiger partial charge on any atom is 0.427 e. The molecule has 120 valence electrons. The van der Waals surface area contributed by atoms with E-state index in [4.69, 9.17) is 0 Å². The van der Waals surface area contributed by atoms with Crippen molar-refractivity contribution in [3.05, 3.63) is 72.4 Å². The smallest absolute Gasteiger partial charge is 0.427 e. The van der Waals surface area contributed by atoms with Gasteiger partial charge in [-0.3, -0.25) is 0 Å². The molecule has 24 heavy (non-hydrogen) atoms. The van der Waals surface area contributed by atoms with Crippen LogP contribution >= 0.6 is 0 Å². The minimum absolute atomic E-state index is 0.622. The van der Waals surface area contributed by atoms with E-state index in [2.05, 4.69) is 20.4 Å². The quantitative estimate of drug-likeness (QED) is 0.593. The van der Waals surface area contributed by atoms with E-state index >= 15 is 0 Å². The number of nitrogens with one attached hydrogen (secondary N) is 1. The highest BCUT2D eigenvalue weighted by Crippen LogP contribution is 2.22. The van der Waals surface area contributed by atoms with Crippen molar-refractivity contribution >= 4 is 12.3 Å². The van der Waals surface area contributed by atoms with Gasteiger partial charge in [0.05, 0.1) is 19.0 Å². The van der Waals surface area contributed by atoms with Crippen molar-refractivity contribution in [1.82, 2.24) is 15.2 Å². The van der Waals surface area contributed by atoms with Gasteiger partial charge in [0.15, 0.2) is 0 Å². The van der Waals surface area contributed by atoms with Gasteiger partial charge in [0.25, 0.3) is 0 Å². The molecular formula is C18H16N4O2. The molecule has 0 aliphatic rings. The second-order valence-corrected chi connectivity index (χ2v) is 4.94. The Morgan fingerprint density at radius 3 is 2.46 bits per heavy atom. The van der Waals surface area contributed by atoms with Gasteiger partial charge in [-0.05, 0) is 12.1 Å².